The van der Waals surface area contributed by atoms with E-state index in [4.69, 9.17) is 0 Å². The normalized spacial score (nSPS) is 13.0. The van der Waals surface area contributed by atoms with Gasteiger partial charge in [0, 0.05) is 6.42 Å². The Morgan fingerprint density at radius 3 is 1.05 bits per heavy atom. The van der Waals surface area contributed by atoms with E-state index in [1.165, 1.54) is 225 Å². The lowest BCUT2D eigenvalue weighted by atomic mass is 10.0. The van der Waals surface area contributed by atoms with Crippen molar-refractivity contribution in [2.45, 2.75) is 289 Å². The maximum Gasteiger partial charge on any atom is 0.220 e. The van der Waals surface area contributed by atoms with Crippen LogP contribution in [0.2, 0.25) is 0 Å². The number of hydrogen-bond donors (Lipinski definition) is 3. The van der Waals surface area contributed by atoms with Crippen molar-refractivity contribution in [2.75, 3.05) is 6.61 Å². The highest BCUT2D eigenvalue weighted by Crippen LogP contribution is 2.17. The summed E-state index contributed by atoms with van der Waals surface area (Å²) in [6.07, 6.45) is 62.1. The van der Waals surface area contributed by atoms with Crippen LogP contribution in [-0.4, -0.2) is 34.9 Å². The molecule has 2 atom stereocenters. The molecule has 0 aromatic carbocycles. The molecule has 0 aliphatic carbocycles. The van der Waals surface area contributed by atoms with Crippen molar-refractivity contribution in [1.29, 1.82) is 0 Å². The van der Waals surface area contributed by atoms with Gasteiger partial charge in [-0.05, 0) is 32.1 Å². The summed E-state index contributed by atoms with van der Waals surface area (Å²) in [5.41, 5.74) is 0. The Morgan fingerprint density at radius 2 is 0.709 bits per heavy atom. The Morgan fingerprint density at radius 1 is 0.418 bits per heavy atom. The van der Waals surface area contributed by atoms with Gasteiger partial charge in [0.2, 0.25) is 5.91 Å². The Labute approximate surface area is 345 Å². The second kappa shape index (κ2) is 47.2. The quantitative estimate of drug-likeness (QED) is 0.0426. The largest absolute Gasteiger partial charge is 0.394 e. The highest BCUT2D eigenvalue weighted by atomic mass is 16.3. The van der Waals surface area contributed by atoms with Crippen LogP contribution in [0.25, 0.3) is 0 Å². The predicted octanol–water partition coefficient (Wildman–Crippen LogP) is 16.0. The summed E-state index contributed by atoms with van der Waals surface area (Å²) >= 11 is 0. The third kappa shape index (κ3) is 43.8. The van der Waals surface area contributed by atoms with Gasteiger partial charge in [0.05, 0.1) is 18.8 Å². The van der Waals surface area contributed by atoms with Crippen LogP contribution in [0, 0.1) is 0 Å². The first-order valence-electron chi connectivity index (χ1n) is 25.1. The van der Waals surface area contributed by atoms with Gasteiger partial charge in [-0.2, -0.15) is 0 Å². The maximum atomic E-state index is 12.3. The van der Waals surface area contributed by atoms with Gasteiger partial charge >= 0.3 is 0 Å². The number of aliphatic hydroxyl groups excluding tert-OH is 2. The van der Waals surface area contributed by atoms with Gasteiger partial charge in [-0.1, -0.05) is 263 Å². The smallest absolute Gasteiger partial charge is 0.220 e. The molecule has 0 spiro atoms. The summed E-state index contributed by atoms with van der Waals surface area (Å²) in [6, 6.07) is -0.633. The van der Waals surface area contributed by atoms with E-state index >= 15 is 0 Å². The molecule has 0 aliphatic heterocycles. The number of rotatable bonds is 46. The van der Waals surface area contributed by atoms with Crippen LogP contribution in [-0.2, 0) is 4.79 Å². The Balaban J connectivity index is 3.35. The minimum absolute atomic E-state index is 0.0718. The molecule has 0 saturated carbocycles. The standard InChI is InChI=1S/C51H99NO3/c1-3-5-7-9-11-13-14-15-16-17-18-19-20-21-22-23-24-25-26-27-28-29-30-31-32-33-34-35-36-37-39-41-43-45-47-51(55)52-49(48-53)50(54)46-44-42-40-38-12-10-8-6-4-2/h12,38,44,46,49-50,53-54H,3-11,13-37,39-43,45,47-48H2,1-2H3,(H,52,55)/b38-12+,46-44+. The lowest BCUT2D eigenvalue weighted by Crippen LogP contribution is -2.45. The highest BCUT2D eigenvalue weighted by molar-refractivity contribution is 5.76. The Kier molecular flexibility index (Phi) is 46.3. The molecule has 3 N–H and O–H groups in total. The average Bonchev–Trinajstić information content (AvgIpc) is 3.19. The molecule has 1 amide bonds. The third-order valence-electron chi connectivity index (χ3n) is 11.7. The van der Waals surface area contributed by atoms with E-state index in [1.807, 2.05) is 6.08 Å². The van der Waals surface area contributed by atoms with Crippen molar-refractivity contribution >= 4 is 5.91 Å². The van der Waals surface area contributed by atoms with E-state index in [-0.39, 0.29) is 12.5 Å². The molecular formula is C51H99NO3. The molecule has 0 aromatic rings. The molecule has 0 heterocycles. The summed E-state index contributed by atoms with van der Waals surface area (Å²) in [5, 5.41) is 22.9. The fourth-order valence-corrected chi connectivity index (χ4v) is 7.84. The van der Waals surface area contributed by atoms with Crippen molar-refractivity contribution in [2.24, 2.45) is 0 Å². The summed E-state index contributed by atoms with van der Waals surface area (Å²) in [7, 11) is 0. The SMILES string of the molecule is CCCCC/C=C/CC/C=C/C(O)C(CO)NC(=O)CCCCCCCCCCCCCCCCCCCCCCCCCCCCCCCCCCCC. The zero-order valence-electron chi connectivity index (χ0n) is 37.5. The lowest BCUT2D eigenvalue weighted by Gasteiger charge is -2.19. The van der Waals surface area contributed by atoms with Crippen LogP contribution in [0.1, 0.15) is 277 Å². The van der Waals surface area contributed by atoms with Crippen LogP contribution < -0.4 is 5.32 Å². The first kappa shape index (κ1) is 53.9. The number of hydrogen-bond acceptors (Lipinski definition) is 3. The molecular weight excluding hydrogens is 675 g/mol. The van der Waals surface area contributed by atoms with Crippen molar-refractivity contribution in [3.63, 3.8) is 0 Å². The number of amides is 1. The zero-order chi connectivity index (χ0) is 40.0. The zero-order valence-corrected chi connectivity index (χ0v) is 37.5. The molecule has 0 radical (unpaired) electrons. The average molecular weight is 774 g/mol. The number of carbonyl (C=O) groups is 1. The number of allylic oxidation sites excluding steroid dienone is 3. The molecule has 326 valence electrons. The fourth-order valence-electron chi connectivity index (χ4n) is 7.84. The molecule has 0 saturated heterocycles. The van der Waals surface area contributed by atoms with E-state index in [0.29, 0.717) is 6.42 Å². The van der Waals surface area contributed by atoms with Crippen molar-refractivity contribution < 1.29 is 15.0 Å². The summed E-state index contributed by atoms with van der Waals surface area (Å²) < 4.78 is 0. The molecule has 0 bridgehead atoms. The lowest BCUT2D eigenvalue weighted by molar-refractivity contribution is -0.123. The van der Waals surface area contributed by atoms with Gasteiger partial charge in [0.1, 0.15) is 0 Å². The van der Waals surface area contributed by atoms with Gasteiger partial charge in [0.15, 0.2) is 0 Å². The van der Waals surface area contributed by atoms with E-state index in [1.54, 1.807) is 6.08 Å². The molecule has 4 heteroatoms. The van der Waals surface area contributed by atoms with Crippen LogP contribution in [0.5, 0.6) is 0 Å². The number of nitrogens with one attached hydrogen (secondary N) is 1. The second-order valence-corrected chi connectivity index (χ2v) is 17.2. The number of aliphatic hydroxyl groups is 2. The van der Waals surface area contributed by atoms with Gasteiger partial charge in [-0.3, -0.25) is 4.79 Å². The number of unbranched alkanes of at least 4 members (excludes halogenated alkanes) is 37. The first-order chi connectivity index (χ1) is 27.2. The predicted molar refractivity (Wildman–Crippen MR) is 244 cm³/mol. The van der Waals surface area contributed by atoms with Crippen LogP contribution >= 0.6 is 0 Å². The third-order valence-corrected chi connectivity index (χ3v) is 11.7. The van der Waals surface area contributed by atoms with E-state index < -0.39 is 12.1 Å². The number of carbonyl (C=O) groups excluding carboxylic acids is 1. The molecule has 4 nitrogen and oxygen atoms in total. The molecule has 0 fully saturated rings. The summed E-state index contributed by atoms with van der Waals surface area (Å²) in [5.74, 6) is -0.0718. The van der Waals surface area contributed by atoms with Crippen molar-refractivity contribution in [3.8, 4) is 0 Å². The maximum absolute atomic E-state index is 12.3. The first-order valence-corrected chi connectivity index (χ1v) is 25.1. The molecule has 0 aliphatic rings. The monoisotopic (exact) mass is 774 g/mol. The van der Waals surface area contributed by atoms with Crippen LogP contribution in [0.3, 0.4) is 0 Å². The Hall–Kier alpha value is -1.13. The van der Waals surface area contributed by atoms with Crippen LogP contribution in [0.15, 0.2) is 24.3 Å². The fraction of sp³-hybridized carbons (Fsp3) is 0.902. The molecule has 0 aromatic heterocycles. The van der Waals surface area contributed by atoms with Gasteiger partial charge < -0.3 is 15.5 Å². The highest BCUT2D eigenvalue weighted by Gasteiger charge is 2.17. The minimum Gasteiger partial charge on any atom is -0.394 e. The molecule has 2 unspecified atom stereocenters. The van der Waals surface area contributed by atoms with E-state index in [2.05, 4.69) is 31.3 Å². The van der Waals surface area contributed by atoms with Gasteiger partial charge in [0.25, 0.3) is 0 Å². The molecule has 55 heavy (non-hydrogen) atoms. The summed E-state index contributed by atoms with van der Waals surface area (Å²) in [6.45, 7) is 4.26. The Bertz CT molecular complexity index is 795. The summed E-state index contributed by atoms with van der Waals surface area (Å²) in [4.78, 5) is 12.3. The second-order valence-electron chi connectivity index (χ2n) is 17.2. The van der Waals surface area contributed by atoms with E-state index in [0.717, 1.165) is 32.1 Å². The van der Waals surface area contributed by atoms with Crippen molar-refractivity contribution in [3.05, 3.63) is 24.3 Å². The minimum atomic E-state index is -0.856. The molecule has 0 rings (SSSR count). The van der Waals surface area contributed by atoms with Crippen LogP contribution in [0.4, 0.5) is 0 Å². The van der Waals surface area contributed by atoms with E-state index in [9.17, 15) is 15.0 Å². The van der Waals surface area contributed by atoms with Gasteiger partial charge in [-0.15, -0.1) is 0 Å². The topological polar surface area (TPSA) is 69.6 Å². The van der Waals surface area contributed by atoms with Crippen molar-refractivity contribution in [1.82, 2.24) is 5.32 Å². The van der Waals surface area contributed by atoms with Gasteiger partial charge in [-0.25, -0.2) is 0 Å².